The molecule has 2 aromatic rings. The summed E-state index contributed by atoms with van der Waals surface area (Å²) in [5, 5.41) is 7.44. The molecule has 0 amide bonds. The van der Waals surface area contributed by atoms with E-state index in [4.69, 9.17) is 18.0 Å². The van der Waals surface area contributed by atoms with Gasteiger partial charge in [0, 0.05) is 37.7 Å². The maximum absolute atomic E-state index is 5.59. The lowest BCUT2D eigenvalue weighted by Gasteiger charge is -2.08. The number of aromatic nitrogens is 4. The molecule has 0 aliphatic heterocycles. The molecule has 0 aromatic carbocycles. The number of aryl methyl sites for hydroxylation is 2. The van der Waals surface area contributed by atoms with Crippen LogP contribution >= 0.6 is 12.2 Å². The molecular formula is C11H14N6S. The maximum Gasteiger partial charge on any atom is 0.155 e. The molecule has 0 spiro atoms. The normalized spacial score (nSPS) is 10.3. The van der Waals surface area contributed by atoms with Crippen molar-refractivity contribution in [2.75, 3.05) is 5.32 Å². The molecule has 0 atom stereocenters. The molecule has 2 heterocycles. The fourth-order valence-electron chi connectivity index (χ4n) is 1.65. The molecule has 2 rings (SSSR count). The first-order valence-corrected chi connectivity index (χ1v) is 5.82. The van der Waals surface area contributed by atoms with Gasteiger partial charge < -0.3 is 11.1 Å². The number of rotatable bonds is 4. The topological polar surface area (TPSA) is 81.7 Å². The number of hydrogen-bond donors (Lipinski definition) is 2. The summed E-state index contributed by atoms with van der Waals surface area (Å²) in [6, 6.07) is 0. The first-order valence-electron chi connectivity index (χ1n) is 5.41. The molecule has 6 nitrogen and oxygen atoms in total. The molecule has 0 fully saturated rings. The van der Waals surface area contributed by atoms with Crippen molar-refractivity contribution in [1.29, 1.82) is 0 Å². The summed E-state index contributed by atoms with van der Waals surface area (Å²) in [4.78, 5) is 8.52. The molecule has 7 heteroatoms. The summed E-state index contributed by atoms with van der Waals surface area (Å²) in [7, 11) is 1.89. The summed E-state index contributed by atoms with van der Waals surface area (Å²) < 4.78 is 1.78. The van der Waals surface area contributed by atoms with Crippen molar-refractivity contribution < 1.29 is 0 Å². The van der Waals surface area contributed by atoms with Crippen molar-refractivity contribution in [3.05, 3.63) is 35.5 Å². The average molecular weight is 262 g/mol. The summed E-state index contributed by atoms with van der Waals surface area (Å²) in [5.41, 5.74) is 8.17. The zero-order chi connectivity index (χ0) is 13.1. The van der Waals surface area contributed by atoms with Crippen LogP contribution in [0.4, 0.5) is 5.82 Å². The Kier molecular flexibility index (Phi) is 3.52. The number of hydrogen-bond acceptors (Lipinski definition) is 5. The third kappa shape index (κ3) is 2.62. The second-order valence-corrected chi connectivity index (χ2v) is 4.32. The summed E-state index contributed by atoms with van der Waals surface area (Å²) >= 11 is 4.93. The van der Waals surface area contributed by atoms with E-state index < -0.39 is 0 Å². The van der Waals surface area contributed by atoms with Crippen LogP contribution in [-0.4, -0.2) is 24.7 Å². The second kappa shape index (κ2) is 5.09. The molecule has 18 heavy (non-hydrogen) atoms. The molecule has 0 radical (unpaired) electrons. The van der Waals surface area contributed by atoms with Crippen LogP contribution in [0, 0.1) is 6.92 Å². The minimum Gasteiger partial charge on any atom is -0.388 e. The Morgan fingerprint density at radius 1 is 1.44 bits per heavy atom. The van der Waals surface area contributed by atoms with Crippen molar-refractivity contribution in [3.8, 4) is 0 Å². The Bertz CT molecular complexity index is 577. The molecule has 0 aliphatic rings. The van der Waals surface area contributed by atoms with E-state index in [0.29, 0.717) is 18.1 Å². The summed E-state index contributed by atoms with van der Waals surface area (Å²) in [6.45, 7) is 2.57. The van der Waals surface area contributed by atoms with Crippen LogP contribution in [0.15, 0.2) is 18.6 Å². The van der Waals surface area contributed by atoms with Crippen molar-refractivity contribution >= 4 is 23.0 Å². The SMILES string of the molecule is Cc1nn(C)cc1CNc1nccnc1C(N)=S. The minimum absolute atomic E-state index is 0.230. The highest BCUT2D eigenvalue weighted by Gasteiger charge is 2.09. The Hall–Kier alpha value is -2.02. The van der Waals surface area contributed by atoms with Crippen LogP contribution < -0.4 is 11.1 Å². The molecular weight excluding hydrogens is 248 g/mol. The standard InChI is InChI=1S/C11H14N6S/c1-7-8(6-17(2)16-7)5-15-11-9(10(12)18)13-3-4-14-11/h3-4,6H,5H2,1-2H3,(H2,12,18)(H,14,15). The predicted molar refractivity (Wildman–Crippen MR) is 73.2 cm³/mol. The quantitative estimate of drug-likeness (QED) is 0.792. The Balaban J connectivity index is 2.15. The van der Waals surface area contributed by atoms with Crippen LogP contribution in [0.2, 0.25) is 0 Å². The van der Waals surface area contributed by atoms with Gasteiger partial charge in [-0.2, -0.15) is 5.10 Å². The molecule has 0 aliphatic carbocycles. The van der Waals surface area contributed by atoms with Crippen molar-refractivity contribution in [2.45, 2.75) is 13.5 Å². The van der Waals surface area contributed by atoms with Gasteiger partial charge in [0.2, 0.25) is 0 Å². The summed E-state index contributed by atoms with van der Waals surface area (Å²) in [6.07, 6.45) is 5.12. The highest BCUT2D eigenvalue weighted by molar-refractivity contribution is 7.80. The van der Waals surface area contributed by atoms with E-state index in [9.17, 15) is 0 Å². The number of anilines is 1. The van der Waals surface area contributed by atoms with Gasteiger partial charge in [0.15, 0.2) is 5.82 Å². The van der Waals surface area contributed by atoms with E-state index in [0.717, 1.165) is 11.3 Å². The first-order chi connectivity index (χ1) is 8.58. The average Bonchev–Trinajstić information content (AvgIpc) is 2.65. The van der Waals surface area contributed by atoms with Crippen LogP contribution in [0.3, 0.4) is 0 Å². The highest BCUT2D eigenvalue weighted by Crippen LogP contribution is 2.11. The fourth-order valence-corrected chi connectivity index (χ4v) is 1.80. The van der Waals surface area contributed by atoms with E-state index >= 15 is 0 Å². The molecule has 0 bridgehead atoms. The van der Waals surface area contributed by atoms with Crippen LogP contribution in [0.25, 0.3) is 0 Å². The molecule has 2 aromatic heterocycles. The number of thiocarbonyl (C=S) groups is 1. The van der Waals surface area contributed by atoms with Crippen molar-refractivity contribution in [1.82, 2.24) is 19.7 Å². The molecule has 0 saturated heterocycles. The maximum atomic E-state index is 5.59. The van der Waals surface area contributed by atoms with Crippen LogP contribution in [0.5, 0.6) is 0 Å². The van der Waals surface area contributed by atoms with Gasteiger partial charge in [0.1, 0.15) is 10.7 Å². The minimum atomic E-state index is 0.230. The Morgan fingerprint density at radius 2 is 2.17 bits per heavy atom. The monoisotopic (exact) mass is 262 g/mol. The van der Waals surface area contributed by atoms with Gasteiger partial charge in [-0.15, -0.1) is 0 Å². The third-order valence-electron chi connectivity index (χ3n) is 2.49. The third-order valence-corrected chi connectivity index (χ3v) is 2.69. The van der Waals surface area contributed by atoms with E-state index in [1.807, 2.05) is 20.2 Å². The number of nitrogens with two attached hydrogens (primary N) is 1. The summed E-state index contributed by atoms with van der Waals surface area (Å²) in [5.74, 6) is 0.591. The molecule has 0 unspecified atom stereocenters. The van der Waals surface area contributed by atoms with E-state index in [1.165, 1.54) is 0 Å². The lowest BCUT2D eigenvalue weighted by molar-refractivity contribution is 0.756. The Labute approximate surface area is 110 Å². The highest BCUT2D eigenvalue weighted by atomic mass is 32.1. The van der Waals surface area contributed by atoms with Crippen LogP contribution in [0.1, 0.15) is 17.0 Å². The lowest BCUT2D eigenvalue weighted by atomic mass is 10.2. The molecule has 3 N–H and O–H groups in total. The molecule has 94 valence electrons. The van der Waals surface area contributed by atoms with Gasteiger partial charge in [0.05, 0.1) is 5.69 Å². The van der Waals surface area contributed by atoms with Crippen LogP contribution in [-0.2, 0) is 13.6 Å². The first kappa shape index (κ1) is 12.4. The molecule has 0 saturated carbocycles. The predicted octanol–water partition coefficient (Wildman–Crippen LogP) is 0.765. The largest absolute Gasteiger partial charge is 0.388 e. The van der Waals surface area contributed by atoms with E-state index in [2.05, 4.69) is 20.4 Å². The second-order valence-electron chi connectivity index (χ2n) is 3.88. The van der Waals surface area contributed by atoms with Gasteiger partial charge in [0.25, 0.3) is 0 Å². The zero-order valence-corrected chi connectivity index (χ0v) is 11.0. The van der Waals surface area contributed by atoms with Crippen molar-refractivity contribution in [3.63, 3.8) is 0 Å². The number of nitrogens with one attached hydrogen (secondary N) is 1. The Morgan fingerprint density at radius 3 is 2.78 bits per heavy atom. The van der Waals surface area contributed by atoms with Gasteiger partial charge in [-0.25, -0.2) is 9.97 Å². The van der Waals surface area contributed by atoms with Crippen molar-refractivity contribution in [2.24, 2.45) is 12.8 Å². The van der Waals surface area contributed by atoms with Gasteiger partial charge in [-0.1, -0.05) is 12.2 Å². The van der Waals surface area contributed by atoms with Gasteiger partial charge in [-0.05, 0) is 6.92 Å². The lowest BCUT2D eigenvalue weighted by Crippen LogP contribution is -2.16. The fraction of sp³-hybridized carbons (Fsp3) is 0.273. The zero-order valence-electron chi connectivity index (χ0n) is 10.2. The van der Waals surface area contributed by atoms with Gasteiger partial charge >= 0.3 is 0 Å². The number of nitrogens with zero attached hydrogens (tertiary/aromatic N) is 4. The smallest absolute Gasteiger partial charge is 0.155 e. The van der Waals surface area contributed by atoms with Gasteiger partial charge in [-0.3, -0.25) is 4.68 Å². The van der Waals surface area contributed by atoms with E-state index in [-0.39, 0.29) is 4.99 Å². The van der Waals surface area contributed by atoms with E-state index in [1.54, 1.807) is 17.1 Å².